The molecule has 2 heterocycles. The van der Waals surface area contributed by atoms with Gasteiger partial charge in [0.2, 0.25) is 0 Å². The van der Waals surface area contributed by atoms with Crippen LogP contribution in [-0.4, -0.2) is 34.6 Å². The van der Waals surface area contributed by atoms with Crippen molar-refractivity contribution in [3.8, 4) is 0 Å². The van der Waals surface area contributed by atoms with Gasteiger partial charge in [0.05, 0.1) is 16.1 Å². The monoisotopic (exact) mass is 276 g/mol. The molecule has 0 saturated heterocycles. The number of rotatable bonds is 1. The zero-order chi connectivity index (χ0) is 13.6. The van der Waals surface area contributed by atoms with Crippen molar-refractivity contribution in [3.05, 3.63) is 40.0 Å². The zero-order valence-electron chi connectivity index (χ0n) is 10.5. The highest BCUT2D eigenvalue weighted by molar-refractivity contribution is 6.36. The summed E-state index contributed by atoms with van der Waals surface area (Å²) in [7, 11) is 1.98. The van der Waals surface area contributed by atoms with Crippen LogP contribution in [0.3, 0.4) is 0 Å². The Morgan fingerprint density at radius 1 is 1.47 bits per heavy atom. The Bertz CT molecular complexity index is 685. The van der Waals surface area contributed by atoms with Crippen LogP contribution in [0.2, 0.25) is 5.02 Å². The Kier molecular flexibility index (Phi) is 2.92. The summed E-state index contributed by atoms with van der Waals surface area (Å²) in [6.07, 6.45) is 0.772. The average molecular weight is 277 g/mol. The molecule has 0 fully saturated rings. The predicted octanol–water partition coefficient (Wildman–Crippen LogP) is 2.57. The fourth-order valence-corrected chi connectivity index (χ4v) is 2.88. The number of aromatic nitrogens is 1. The number of benzene rings is 1. The molecule has 2 aromatic rings. The molecule has 0 atom stereocenters. The molecule has 0 bridgehead atoms. The van der Waals surface area contributed by atoms with E-state index in [9.17, 15) is 9.90 Å². The van der Waals surface area contributed by atoms with E-state index in [1.54, 1.807) is 12.1 Å². The molecule has 0 aliphatic carbocycles. The summed E-state index contributed by atoms with van der Waals surface area (Å²) >= 11 is 6.17. The molecule has 0 amide bonds. The van der Waals surface area contributed by atoms with Crippen molar-refractivity contribution in [1.82, 2.24) is 9.88 Å². The third-order valence-electron chi connectivity index (χ3n) is 3.52. The highest BCUT2D eigenvalue weighted by atomic mass is 35.5. The molecule has 1 N–H and O–H groups in total. The van der Waals surface area contributed by atoms with Gasteiger partial charge in [-0.15, -0.1) is 0 Å². The molecule has 0 saturated carbocycles. The topological polar surface area (TPSA) is 53.4 Å². The van der Waals surface area contributed by atoms with Gasteiger partial charge in [-0.2, -0.15) is 0 Å². The SMILES string of the molecule is CN1CCc2nc3cccc(Cl)c3c(C(=O)O)c2C1. The zero-order valence-corrected chi connectivity index (χ0v) is 11.2. The lowest BCUT2D eigenvalue weighted by Gasteiger charge is -2.26. The standard InChI is InChI=1S/C14H13ClN2O2/c1-17-6-5-10-8(7-17)12(14(18)19)13-9(15)3-2-4-11(13)16-10/h2-4H,5-7H2,1H3,(H,18,19). The normalized spacial score (nSPS) is 15.5. The summed E-state index contributed by atoms with van der Waals surface area (Å²) in [5.74, 6) is -0.938. The van der Waals surface area contributed by atoms with Gasteiger partial charge in [0.15, 0.2) is 0 Å². The minimum atomic E-state index is -0.938. The molecule has 1 aromatic carbocycles. The van der Waals surface area contributed by atoms with E-state index in [0.717, 1.165) is 24.2 Å². The average Bonchev–Trinajstić information content (AvgIpc) is 2.36. The van der Waals surface area contributed by atoms with E-state index in [1.165, 1.54) is 0 Å². The van der Waals surface area contributed by atoms with Crippen LogP contribution in [0.15, 0.2) is 18.2 Å². The molecule has 0 spiro atoms. The van der Waals surface area contributed by atoms with Crippen LogP contribution in [0, 0.1) is 0 Å². The molecular formula is C14H13ClN2O2. The van der Waals surface area contributed by atoms with Gasteiger partial charge < -0.3 is 10.0 Å². The second-order valence-corrected chi connectivity index (χ2v) is 5.25. The number of likely N-dealkylation sites (N-methyl/N-ethyl adjacent to an activating group) is 1. The molecule has 3 rings (SSSR count). The van der Waals surface area contributed by atoms with E-state index in [4.69, 9.17) is 11.6 Å². The number of hydrogen-bond acceptors (Lipinski definition) is 3. The first-order chi connectivity index (χ1) is 9.08. The number of carbonyl (C=O) groups is 1. The quantitative estimate of drug-likeness (QED) is 0.870. The molecule has 1 aliphatic heterocycles. The van der Waals surface area contributed by atoms with Crippen molar-refractivity contribution in [2.45, 2.75) is 13.0 Å². The summed E-state index contributed by atoms with van der Waals surface area (Å²) in [6.45, 7) is 1.50. The first-order valence-corrected chi connectivity index (χ1v) is 6.47. The molecule has 5 heteroatoms. The van der Waals surface area contributed by atoms with Crippen LogP contribution < -0.4 is 0 Å². The van der Waals surface area contributed by atoms with Gasteiger partial charge >= 0.3 is 5.97 Å². The highest BCUT2D eigenvalue weighted by Gasteiger charge is 2.25. The van der Waals surface area contributed by atoms with Gasteiger partial charge in [-0.25, -0.2) is 4.79 Å². The van der Waals surface area contributed by atoms with Crippen molar-refractivity contribution in [1.29, 1.82) is 0 Å². The Morgan fingerprint density at radius 3 is 3.00 bits per heavy atom. The third kappa shape index (κ3) is 1.97. The summed E-state index contributed by atoms with van der Waals surface area (Å²) in [5.41, 5.74) is 2.64. The number of carboxylic acid groups (broad SMARTS) is 1. The summed E-state index contributed by atoms with van der Waals surface area (Å²) in [4.78, 5) is 18.3. The number of fused-ring (bicyclic) bond motifs is 2. The number of carboxylic acids is 1. The van der Waals surface area contributed by atoms with Crippen molar-refractivity contribution >= 4 is 28.5 Å². The second kappa shape index (κ2) is 4.47. The van der Waals surface area contributed by atoms with Crippen LogP contribution in [0.5, 0.6) is 0 Å². The number of hydrogen-bond donors (Lipinski definition) is 1. The van der Waals surface area contributed by atoms with E-state index in [0.29, 0.717) is 28.0 Å². The van der Waals surface area contributed by atoms with E-state index in [1.807, 2.05) is 13.1 Å². The Labute approximate surface area is 115 Å². The van der Waals surface area contributed by atoms with Crippen LogP contribution in [0.25, 0.3) is 10.9 Å². The summed E-state index contributed by atoms with van der Waals surface area (Å²) < 4.78 is 0. The number of aromatic carboxylic acids is 1. The molecule has 98 valence electrons. The fraction of sp³-hybridized carbons (Fsp3) is 0.286. The smallest absolute Gasteiger partial charge is 0.336 e. The Hall–Kier alpha value is -1.65. The van der Waals surface area contributed by atoms with Crippen molar-refractivity contribution in [2.24, 2.45) is 0 Å². The van der Waals surface area contributed by atoms with E-state index in [-0.39, 0.29) is 0 Å². The van der Waals surface area contributed by atoms with E-state index >= 15 is 0 Å². The molecule has 19 heavy (non-hydrogen) atoms. The van der Waals surface area contributed by atoms with Gasteiger partial charge in [0, 0.05) is 36.2 Å². The van der Waals surface area contributed by atoms with Gasteiger partial charge in [0.25, 0.3) is 0 Å². The number of halogens is 1. The Morgan fingerprint density at radius 2 is 2.26 bits per heavy atom. The molecular weight excluding hydrogens is 264 g/mol. The molecule has 1 aliphatic rings. The van der Waals surface area contributed by atoms with Crippen molar-refractivity contribution < 1.29 is 9.90 Å². The van der Waals surface area contributed by atoms with Crippen LogP contribution in [0.1, 0.15) is 21.6 Å². The van der Waals surface area contributed by atoms with Crippen molar-refractivity contribution in [3.63, 3.8) is 0 Å². The van der Waals surface area contributed by atoms with Gasteiger partial charge in [-0.05, 0) is 19.2 Å². The first-order valence-electron chi connectivity index (χ1n) is 6.09. The Balaban J connectivity index is 2.41. The number of pyridine rings is 1. The minimum Gasteiger partial charge on any atom is -0.478 e. The van der Waals surface area contributed by atoms with Crippen LogP contribution >= 0.6 is 11.6 Å². The van der Waals surface area contributed by atoms with Crippen LogP contribution in [0.4, 0.5) is 0 Å². The minimum absolute atomic E-state index is 0.303. The highest BCUT2D eigenvalue weighted by Crippen LogP contribution is 2.32. The first kappa shape index (κ1) is 12.4. The van der Waals surface area contributed by atoms with E-state index < -0.39 is 5.97 Å². The fourth-order valence-electron chi connectivity index (χ4n) is 2.62. The van der Waals surface area contributed by atoms with Gasteiger partial charge in [-0.1, -0.05) is 17.7 Å². The van der Waals surface area contributed by atoms with Gasteiger partial charge in [-0.3, -0.25) is 4.98 Å². The summed E-state index contributed by atoms with van der Waals surface area (Å²) in [6, 6.07) is 5.31. The lowest BCUT2D eigenvalue weighted by molar-refractivity contribution is 0.0696. The molecule has 4 nitrogen and oxygen atoms in total. The molecule has 0 unspecified atom stereocenters. The maximum Gasteiger partial charge on any atom is 0.336 e. The second-order valence-electron chi connectivity index (χ2n) is 4.84. The lowest BCUT2D eigenvalue weighted by Crippen LogP contribution is -2.29. The molecule has 1 aromatic heterocycles. The summed E-state index contributed by atoms with van der Waals surface area (Å²) in [5, 5.41) is 10.5. The maximum atomic E-state index is 11.6. The molecule has 0 radical (unpaired) electrons. The number of nitrogens with zero attached hydrogens (tertiary/aromatic N) is 2. The van der Waals surface area contributed by atoms with Crippen LogP contribution in [-0.2, 0) is 13.0 Å². The van der Waals surface area contributed by atoms with Gasteiger partial charge in [0.1, 0.15) is 0 Å². The lowest BCUT2D eigenvalue weighted by atomic mass is 9.96. The maximum absolute atomic E-state index is 11.6. The van der Waals surface area contributed by atoms with E-state index in [2.05, 4.69) is 9.88 Å². The predicted molar refractivity (Wildman–Crippen MR) is 73.8 cm³/mol. The largest absolute Gasteiger partial charge is 0.478 e. The van der Waals surface area contributed by atoms with Crippen molar-refractivity contribution in [2.75, 3.05) is 13.6 Å². The third-order valence-corrected chi connectivity index (χ3v) is 3.83.